The lowest BCUT2D eigenvalue weighted by Gasteiger charge is -2.11. The van der Waals surface area contributed by atoms with Gasteiger partial charge in [0.25, 0.3) is 5.91 Å². The van der Waals surface area contributed by atoms with Crippen LogP contribution in [0.2, 0.25) is 0 Å². The Kier molecular flexibility index (Phi) is 6.71. The second-order valence-electron chi connectivity index (χ2n) is 5.72. The predicted octanol–water partition coefficient (Wildman–Crippen LogP) is 1.56. The number of carbonyl (C=O) groups excluding carboxylic acids is 2. The second-order valence-corrected chi connectivity index (χ2v) is 5.72. The lowest BCUT2D eigenvalue weighted by Crippen LogP contribution is -2.35. The summed E-state index contributed by atoms with van der Waals surface area (Å²) in [7, 11) is 3.94. The van der Waals surface area contributed by atoms with Crippen LogP contribution in [0.3, 0.4) is 0 Å². The Labute approximate surface area is 147 Å². The van der Waals surface area contributed by atoms with Crippen molar-refractivity contribution in [2.45, 2.75) is 6.42 Å². The van der Waals surface area contributed by atoms with Gasteiger partial charge in [-0.3, -0.25) is 9.59 Å². The first-order valence-electron chi connectivity index (χ1n) is 7.94. The zero-order valence-electron chi connectivity index (χ0n) is 14.4. The quantitative estimate of drug-likeness (QED) is 0.594. The lowest BCUT2D eigenvalue weighted by molar-refractivity contribution is -0.125. The summed E-state index contributed by atoms with van der Waals surface area (Å²) >= 11 is 0. The van der Waals surface area contributed by atoms with Crippen molar-refractivity contribution in [1.82, 2.24) is 10.7 Å². The maximum absolute atomic E-state index is 11.8. The van der Waals surface area contributed by atoms with E-state index in [1.807, 2.05) is 73.6 Å². The Morgan fingerprint density at radius 1 is 1.00 bits per heavy atom. The molecule has 0 spiro atoms. The lowest BCUT2D eigenvalue weighted by atomic mass is 10.1. The van der Waals surface area contributed by atoms with Gasteiger partial charge in [-0.25, -0.2) is 5.43 Å². The first kappa shape index (κ1) is 18.2. The number of amides is 2. The van der Waals surface area contributed by atoms with Gasteiger partial charge in [0.15, 0.2) is 0 Å². The SMILES string of the molecule is CN(C)c1ccc(/C=N\NC(=O)CNC(=O)Cc2ccccc2)cc1. The summed E-state index contributed by atoms with van der Waals surface area (Å²) in [5, 5.41) is 6.46. The van der Waals surface area contributed by atoms with Gasteiger partial charge in [-0.1, -0.05) is 42.5 Å². The van der Waals surface area contributed by atoms with Gasteiger partial charge in [-0.05, 0) is 23.3 Å². The van der Waals surface area contributed by atoms with Crippen LogP contribution >= 0.6 is 0 Å². The molecule has 2 N–H and O–H groups in total. The summed E-state index contributed by atoms with van der Waals surface area (Å²) in [6.45, 7) is -0.109. The smallest absolute Gasteiger partial charge is 0.259 e. The van der Waals surface area contributed by atoms with Crippen molar-refractivity contribution in [3.8, 4) is 0 Å². The van der Waals surface area contributed by atoms with Crippen molar-refractivity contribution >= 4 is 23.7 Å². The van der Waals surface area contributed by atoms with E-state index in [0.717, 1.165) is 16.8 Å². The van der Waals surface area contributed by atoms with Crippen molar-refractivity contribution in [1.29, 1.82) is 0 Å². The van der Waals surface area contributed by atoms with Crippen molar-refractivity contribution in [3.63, 3.8) is 0 Å². The largest absolute Gasteiger partial charge is 0.378 e. The van der Waals surface area contributed by atoms with Crippen LogP contribution < -0.4 is 15.6 Å². The van der Waals surface area contributed by atoms with Crippen LogP contribution in [-0.2, 0) is 16.0 Å². The minimum Gasteiger partial charge on any atom is -0.378 e. The maximum atomic E-state index is 11.8. The number of hydrogen-bond donors (Lipinski definition) is 2. The van der Waals surface area contributed by atoms with E-state index in [1.54, 1.807) is 6.21 Å². The molecule has 2 amide bonds. The highest BCUT2D eigenvalue weighted by Gasteiger charge is 2.05. The molecule has 0 unspecified atom stereocenters. The molecule has 0 saturated heterocycles. The molecule has 25 heavy (non-hydrogen) atoms. The molecule has 0 aromatic heterocycles. The molecular formula is C19H22N4O2. The van der Waals surface area contributed by atoms with Gasteiger partial charge in [-0.2, -0.15) is 5.10 Å². The molecule has 0 aliphatic carbocycles. The predicted molar refractivity (Wildman–Crippen MR) is 99.7 cm³/mol. The number of hydrazone groups is 1. The molecule has 130 valence electrons. The molecule has 6 heteroatoms. The molecule has 0 atom stereocenters. The number of hydrogen-bond acceptors (Lipinski definition) is 4. The average molecular weight is 338 g/mol. The number of rotatable bonds is 7. The first-order chi connectivity index (χ1) is 12.0. The standard InChI is InChI=1S/C19H22N4O2/c1-23(2)17-10-8-16(9-11-17)13-21-22-19(25)14-20-18(24)12-15-6-4-3-5-7-15/h3-11,13H,12,14H2,1-2H3,(H,20,24)(H,22,25)/b21-13-. The van der Waals surface area contributed by atoms with Crippen LogP contribution in [-0.4, -0.2) is 38.7 Å². The highest BCUT2D eigenvalue weighted by Crippen LogP contribution is 2.10. The minimum atomic E-state index is -0.373. The molecule has 2 aromatic carbocycles. The van der Waals surface area contributed by atoms with Gasteiger partial charge in [0.05, 0.1) is 19.2 Å². The van der Waals surface area contributed by atoms with E-state index in [4.69, 9.17) is 0 Å². The highest BCUT2D eigenvalue weighted by atomic mass is 16.2. The Bertz CT molecular complexity index is 725. The van der Waals surface area contributed by atoms with Crippen molar-refractivity contribution in [2.24, 2.45) is 5.10 Å². The van der Waals surface area contributed by atoms with E-state index in [0.29, 0.717) is 0 Å². The molecule has 0 saturated carbocycles. The van der Waals surface area contributed by atoms with E-state index in [9.17, 15) is 9.59 Å². The first-order valence-corrected chi connectivity index (χ1v) is 7.94. The normalized spacial score (nSPS) is 10.5. The van der Waals surface area contributed by atoms with E-state index >= 15 is 0 Å². The summed E-state index contributed by atoms with van der Waals surface area (Å²) in [6.07, 6.45) is 1.80. The van der Waals surface area contributed by atoms with Gasteiger partial charge >= 0.3 is 0 Å². The van der Waals surface area contributed by atoms with Gasteiger partial charge < -0.3 is 10.2 Å². The zero-order chi connectivity index (χ0) is 18.1. The summed E-state index contributed by atoms with van der Waals surface area (Å²) < 4.78 is 0. The average Bonchev–Trinajstić information content (AvgIpc) is 2.61. The van der Waals surface area contributed by atoms with E-state index in [2.05, 4.69) is 15.8 Å². The summed E-state index contributed by atoms with van der Waals surface area (Å²) in [4.78, 5) is 25.5. The molecule has 0 bridgehead atoms. The maximum Gasteiger partial charge on any atom is 0.259 e. The molecule has 2 aromatic rings. The number of benzene rings is 2. The number of nitrogens with one attached hydrogen (secondary N) is 2. The molecule has 6 nitrogen and oxygen atoms in total. The van der Waals surface area contributed by atoms with Crippen molar-refractivity contribution in [2.75, 3.05) is 25.5 Å². The fraction of sp³-hybridized carbons (Fsp3) is 0.211. The molecule has 0 fully saturated rings. The monoisotopic (exact) mass is 338 g/mol. The molecular weight excluding hydrogens is 316 g/mol. The molecule has 2 rings (SSSR count). The van der Waals surface area contributed by atoms with Gasteiger partial charge in [-0.15, -0.1) is 0 Å². The van der Waals surface area contributed by atoms with Crippen LogP contribution in [0.25, 0.3) is 0 Å². The molecule has 0 aliphatic rings. The Hall–Kier alpha value is -3.15. The summed E-state index contributed by atoms with van der Waals surface area (Å²) in [6, 6.07) is 17.1. The molecule has 0 radical (unpaired) electrons. The minimum absolute atomic E-state index is 0.109. The molecule has 0 aliphatic heterocycles. The van der Waals surface area contributed by atoms with Crippen LogP contribution in [0, 0.1) is 0 Å². The zero-order valence-corrected chi connectivity index (χ0v) is 14.4. The Morgan fingerprint density at radius 2 is 1.68 bits per heavy atom. The van der Waals surface area contributed by atoms with Crippen LogP contribution in [0.5, 0.6) is 0 Å². The highest BCUT2D eigenvalue weighted by molar-refractivity contribution is 5.87. The van der Waals surface area contributed by atoms with Gasteiger partial charge in [0.1, 0.15) is 0 Å². The topological polar surface area (TPSA) is 73.8 Å². The Morgan fingerprint density at radius 3 is 2.32 bits per heavy atom. The van der Waals surface area contributed by atoms with Crippen LogP contribution in [0.1, 0.15) is 11.1 Å². The third kappa shape index (κ3) is 6.47. The van der Waals surface area contributed by atoms with Crippen LogP contribution in [0.15, 0.2) is 59.7 Å². The number of nitrogens with zero attached hydrogens (tertiary/aromatic N) is 2. The van der Waals surface area contributed by atoms with Crippen molar-refractivity contribution in [3.05, 3.63) is 65.7 Å². The van der Waals surface area contributed by atoms with E-state index in [-0.39, 0.29) is 24.8 Å². The number of anilines is 1. The van der Waals surface area contributed by atoms with Crippen molar-refractivity contribution < 1.29 is 9.59 Å². The fourth-order valence-electron chi connectivity index (χ4n) is 2.10. The number of carbonyl (C=O) groups is 2. The third-order valence-corrected chi connectivity index (χ3v) is 3.47. The second kappa shape index (κ2) is 9.22. The van der Waals surface area contributed by atoms with E-state index in [1.165, 1.54) is 0 Å². The fourth-order valence-corrected chi connectivity index (χ4v) is 2.10. The van der Waals surface area contributed by atoms with Gasteiger partial charge in [0.2, 0.25) is 5.91 Å². The Balaban J connectivity index is 1.72. The summed E-state index contributed by atoms with van der Waals surface area (Å²) in [5.41, 5.74) is 5.26. The van der Waals surface area contributed by atoms with Crippen LogP contribution in [0.4, 0.5) is 5.69 Å². The van der Waals surface area contributed by atoms with E-state index < -0.39 is 0 Å². The summed E-state index contributed by atoms with van der Waals surface area (Å²) in [5.74, 6) is -0.577. The third-order valence-electron chi connectivity index (χ3n) is 3.47. The molecule has 0 heterocycles. The van der Waals surface area contributed by atoms with Gasteiger partial charge in [0, 0.05) is 19.8 Å².